The van der Waals surface area contributed by atoms with Crippen LogP contribution in [0.15, 0.2) is 72.8 Å². The van der Waals surface area contributed by atoms with Crippen molar-refractivity contribution in [1.82, 2.24) is 0 Å². The van der Waals surface area contributed by atoms with E-state index in [-0.39, 0.29) is 0 Å². The minimum absolute atomic E-state index is 1.27. The third-order valence-electron chi connectivity index (χ3n) is 3.62. The van der Waals surface area contributed by atoms with Crippen LogP contribution in [0.4, 0.5) is 0 Å². The molecule has 0 nitrogen and oxygen atoms in total. The van der Waals surface area contributed by atoms with E-state index >= 15 is 0 Å². The molecule has 0 radical (unpaired) electrons. The topological polar surface area (TPSA) is 0 Å². The second kappa shape index (κ2) is 7.61. The van der Waals surface area contributed by atoms with E-state index in [0.29, 0.717) is 0 Å². The van der Waals surface area contributed by atoms with Crippen LogP contribution in [0.25, 0.3) is 22.3 Å². The summed E-state index contributed by atoms with van der Waals surface area (Å²) in [7, 11) is 0. The van der Waals surface area contributed by atoms with Crippen molar-refractivity contribution in [3.8, 4) is 22.3 Å². The highest BCUT2D eigenvalue weighted by Crippen LogP contribution is 2.25. The van der Waals surface area contributed by atoms with Crippen molar-refractivity contribution in [1.29, 1.82) is 0 Å². The molecule has 0 aromatic heterocycles. The molecule has 3 aromatic carbocycles. The van der Waals surface area contributed by atoms with Crippen LogP contribution in [0.3, 0.4) is 0 Å². The molecule has 0 aliphatic heterocycles. The number of aryl methyl sites for hydroxylation is 2. The van der Waals surface area contributed by atoms with Crippen LogP contribution >= 0.6 is 0 Å². The second-order valence-corrected chi connectivity index (χ2v) is 5.31. The third kappa shape index (κ3) is 3.85. The van der Waals surface area contributed by atoms with Gasteiger partial charge in [0.05, 0.1) is 0 Å². The molecule has 0 saturated heterocycles. The summed E-state index contributed by atoms with van der Waals surface area (Å²) < 4.78 is 0. The minimum atomic E-state index is 1.27. The SMILES string of the molecule is CC.Cc1ccc(-c2ccc(-c3cccc(C)c3)cc2)cc1. The molecule has 0 saturated carbocycles. The van der Waals surface area contributed by atoms with Gasteiger partial charge in [-0.25, -0.2) is 0 Å². The van der Waals surface area contributed by atoms with Gasteiger partial charge in [-0.2, -0.15) is 0 Å². The van der Waals surface area contributed by atoms with Gasteiger partial charge in [-0.1, -0.05) is 97.8 Å². The van der Waals surface area contributed by atoms with E-state index in [9.17, 15) is 0 Å². The first kappa shape index (κ1) is 16.0. The Morgan fingerprint density at radius 3 is 1.41 bits per heavy atom. The molecule has 0 fully saturated rings. The molecule has 0 heteroatoms. The number of benzene rings is 3. The monoisotopic (exact) mass is 288 g/mol. The van der Waals surface area contributed by atoms with Gasteiger partial charge < -0.3 is 0 Å². The Labute approximate surface area is 134 Å². The van der Waals surface area contributed by atoms with E-state index in [4.69, 9.17) is 0 Å². The molecule has 0 bridgehead atoms. The maximum absolute atomic E-state index is 2.22. The van der Waals surface area contributed by atoms with Crippen molar-refractivity contribution in [3.05, 3.63) is 83.9 Å². The van der Waals surface area contributed by atoms with Gasteiger partial charge in [0.15, 0.2) is 0 Å². The van der Waals surface area contributed by atoms with Crippen molar-refractivity contribution in [2.24, 2.45) is 0 Å². The summed E-state index contributed by atoms with van der Waals surface area (Å²) in [5, 5.41) is 0. The highest BCUT2D eigenvalue weighted by molar-refractivity contribution is 5.70. The minimum Gasteiger partial charge on any atom is -0.0683 e. The zero-order valence-corrected chi connectivity index (χ0v) is 13.9. The molecular formula is C22H24. The van der Waals surface area contributed by atoms with E-state index in [1.165, 1.54) is 33.4 Å². The molecule has 0 atom stereocenters. The Morgan fingerprint density at radius 2 is 0.909 bits per heavy atom. The van der Waals surface area contributed by atoms with Gasteiger partial charge in [0.2, 0.25) is 0 Å². The zero-order valence-electron chi connectivity index (χ0n) is 13.9. The van der Waals surface area contributed by atoms with Gasteiger partial charge >= 0.3 is 0 Å². The Hall–Kier alpha value is -2.34. The maximum atomic E-state index is 2.22. The highest BCUT2D eigenvalue weighted by atomic mass is 14.0. The first-order valence-electron chi connectivity index (χ1n) is 7.96. The average molecular weight is 288 g/mol. The Bertz CT molecular complexity index is 704. The van der Waals surface area contributed by atoms with Gasteiger partial charge in [0, 0.05) is 0 Å². The predicted octanol–water partition coefficient (Wildman–Crippen LogP) is 6.66. The first-order chi connectivity index (χ1) is 10.7. The molecule has 112 valence electrons. The molecule has 0 spiro atoms. The molecule has 0 N–H and O–H groups in total. The standard InChI is InChI=1S/C20H18.C2H6/c1-15-6-8-17(9-7-15)18-10-12-19(13-11-18)20-5-3-4-16(2)14-20;1-2/h3-14H,1-2H3;1-2H3. The lowest BCUT2D eigenvalue weighted by Gasteiger charge is -2.06. The van der Waals surface area contributed by atoms with Crippen LogP contribution in [-0.2, 0) is 0 Å². The van der Waals surface area contributed by atoms with Crippen LogP contribution in [0.2, 0.25) is 0 Å². The summed E-state index contributed by atoms with van der Waals surface area (Å²) >= 11 is 0. The number of hydrogen-bond acceptors (Lipinski definition) is 0. The van der Waals surface area contributed by atoms with Gasteiger partial charge in [0.25, 0.3) is 0 Å². The highest BCUT2D eigenvalue weighted by Gasteiger charge is 2.00. The van der Waals surface area contributed by atoms with Gasteiger partial charge in [-0.15, -0.1) is 0 Å². The molecule has 0 aliphatic carbocycles. The number of rotatable bonds is 2. The molecule has 3 rings (SSSR count). The molecule has 0 amide bonds. The molecule has 0 unspecified atom stereocenters. The predicted molar refractivity (Wildman–Crippen MR) is 98.1 cm³/mol. The van der Waals surface area contributed by atoms with E-state index in [0.717, 1.165) is 0 Å². The van der Waals surface area contributed by atoms with Gasteiger partial charge in [-0.3, -0.25) is 0 Å². The lowest BCUT2D eigenvalue weighted by Crippen LogP contribution is -1.81. The fraction of sp³-hybridized carbons (Fsp3) is 0.182. The largest absolute Gasteiger partial charge is 0.0683 e. The Balaban J connectivity index is 0.000000847. The number of hydrogen-bond donors (Lipinski definition) is 0. The van der Waals surface area contributed by atoms with Gasteiger partial charge in [-0.05, 0) is 36.1 Å². The molecule has 0 heterocycles. The van der Waals surface area contributed by atoms with E-state index in [1.807, 2.05) is 13.8 Å². The fourth-order valence-corrected chi connectivity index (χ4v) is 2.43. The molecule has 3 aromatic rings. The van der Waals surface area contributed by atoms with Crippen molar-refractivity contribution in [2.45, 2.75) is 27.7 Å². The van der Waals surface area contributed by atoms with Crippen LogP contribution < -0.4 is 0 Å². The van der Waals surface area contributed by atoms with Crippen molar-refractivity contribution >= 4 is 0 Å². The quantitative estimate of drug-likeness (QED) is 0.494. The van der Waals surface area contributed by atoms with Crippen LogP contribution in [-0.4, -0.2) is 0 Å². The summed E-state index contributed by atoms with van der Waals surface area (Å²) in [6.07, 6.45) is 0. The Kier molecular flexibility index (Phi) is 5.55. The van der Waals surface area contributed by atoms with E-state index in [2.05, 4.69) is 86.6 Å². The van der Waals surface area contributed by atoms with Gasteiger partial charge in [0.1, 0.15) is 0 Å². The summed E-state index contributed by atoms with van der Waals surface area (Å²) in [5.41, 5.74) is 7.67. The summed E-state index contributed by atoms with van der Waals surface area (Å²) in [6, 6.07) is 26.1. The van der Waals surface area contributed by atoms with Crippen molar-refractivity contribution in [2.75, 3.05) is 0 Å². The van der Waals surface area contributed by atoms with Crippen LogP contribution in [0, 0.1) is 13.8 Å². The van der Waals surface area contributed by atoms with Crippen molar-refractivity contribution in [3.63, 3.8) is 0 Å². The van der Waals surface area contributed by atoms with Crippen molar-refractivity contribution < 1.29 is 0 Å². The third-order valence-corrected chi connectivity index (χ3v) is 3.62. The van der Waals surface area contributed by atoms with Crippen LogP contribution in [0.5, 0.6) is 0 Å². The average Bonchev–Trinajstić information content (AvgIpc) is 2.58. The molecule has 0 aliphatic rings. The van der Waals surface area contributed by atoms with E-state index in [1.54, 1.807) is 0 Å². The summed E-state index contributed by atoms with van der Waals surface area (Å²) in [6.45, 7) is 8.24. The second-order valence-electron chi connectivity index (χ2n) is 5.31. The normalized spacial score (nSPS) is 9.82. The molecule has 22 heavy (non-hydrogen) atoms. The smallest absolute Gasteiger partial charge is 0.0181 e. The lowest BCUT2D eigenvalue weighted by atomic mass is 9.99. The Morgan fingerprint density at radius 1 is 0.455 bits per heavy atom. The van der Waals surface area contributed by atoms with Crippen LogP contribution in [0.1, 0.15) is 25.0 Å². The summed E-state index contributed by atoms with van der Waals surface area (Å²) in [4.78, 5) is 0. The first-order valence-corrected chi connectivity index (χ1v) is 7.96. The lowest BCUT2D eigenvalue weighted by molar-refractivity contribution is 1.46. The summed E-state index contributed by atoms with van der Waals surface area (Å²) in [5.74, 6) is 0. The fourth-order valence-electron chi connectivity index (χ4n) is 2.43. The van der Waals surface area contributed by atoms with E-state index < -0.39 is 0 Å². The zero-order chi connectivity index (χ0) is 15.9. The molecular weight excluding hydrogens is 264 g/mol. The maximum Gasteiger partial charge on any atom is -0.0181 e.